The predicted octanol–water partition coefficient (Wildman–Crippen LogP) is 2.31. The Labute approximate surface area is 123 Å². The van der Waals surface area contributed by atoms with Gasteiger partial charge in [0.15, 0.2) is 5.76 Å². The lowest BCUT2D eigenvalue weighted by Gasteiger charge is -2.24. The summed E-state index contributed by atoms with van der Waals surface area (Å²) in [6.07, 6.45) is 3.40. The lowest BCUT2D eigenvalue weighted by Crippen LogP contribution is -2.30. The van der Waals surface area contributed by atoms with Gasteiger partial charge in [-0.3, -0.25) is 4.79 Å². The highest BCUT2D eigenvalue weighted by molar-refractivity contribution is 5.92. The Morgan fingerprint density at radius 1 is 1.52 bits per heavy atom. The van der Waals surface area contributed by atoms with Crippen LogP contribution >= 0.6 is 0 Å². The van der Waals surface area contributed by atoms with Gasteiger partial charge in [0, 0.05) is 13.6 Å². The Balaban J connectivity index is 1.96. The molecule has 1 atom stereocenters. The molecule has 1 fully saturated rings. The van der Waals surface area contributed by atoms with Crippen molar-refractivity contribution in [3.63, 3.8) is 0 Å². The number of furan rings is 1. The molecule has 6 nitrogen and oxygen atoms in total. The summed E-state index contributed by atoms with van der Waals surface area (Å²) < 4.78 is 12.4. The van der Waals surface area contributed by atoms with Crippen LogP contribution in [0.1, 0.15) is 40.7 Å². The van der Waals surface area contributed by atoms with Crippen LogP contribution in [0.4, 0.5) is 0 Å². The molecule has 112 valence electrons. The first kappa shape index (κ1) is 13.7. The Morgan fingerprint density at radius 3 is 3.00 bits per heavy atom. The van der Waals surface area contributed by atoms with Crippen molar-refractivity contribution in [1.82, 2.24) is 14.7 Å². The van der Waals surface area contributed by atoms with Crippen LogP contribution in [-0.4, -0.2) is 34.2 Å². The zero-order valence-corrected chi connectivity index (χ0v) is 12.5. The second kappa shape index (κ2) is 5.27. The van der Waals surface area contributed by atoms with Crippen LogP contribution in [0.5, 0.6) is 5.88 Å². The third-order valence-corrected chi connectivity index (χ3v) is 3.99. The molecule has 3 heterocycles. The molecule has 21 heavy (non-hydrogen) atoms. The molecule has 0 aromatic carbocycles. The van der Waals surface area contributed by atoms with E-state index in [1.807, 2.05) is 18.9 Å². The maximum Gasteiger partial charge on any atom is 0.290 e. The summed E-state index contributed by atoms with van der Waals surface area (Å²) in [7, 11) is 3.48. The van der Waals surface area contributed by atoms with Crippen molar-refractivity contribution in [1.29, 1.82) is 0 Å². The van der Waals surface area contributed by atoms with E-state index in [0.717, 1.165) is 36.5 Å². The normalized spacial score (nSPS) is 18.2. The largest absolute Gasteiger partial charge is 0.481 e. The molecule has 0 unspecified atom stereocenters. The highest BCUT2D eigenvalue weighted by Crippen LogP contribution is 2.39. The summed E-state index contributed by atoms with van der Waals surface area (Å²) in [5, 5.41) is 4.41. The lowest BCUT2D eigenvalue weighted by molar-refractivity contribution is 0.0701. The van der Waals surface area contributed by atoms with Crippen LogP contribution < -0.4 is 4.74 Å². The quantitative estimate of drug-likeness (QED) is 0.870. The molecule has 0 saturated carbocycles. The Hall–Kier alpha value is -2.24. The van der Waals surface area contributed by atoms with Gasteiger partial charge in [0.05, 0.1) is 30.7 Å². The number of likely N-dealkylation sites (tertiary alicyclic amines) is 1. The minimum absolute atomic E-state index is 0.00810. The number of methoxy groups -OCH3 is 1. The Morgan fingerprint density at radius 2 is 2.33 bits per heavy atom. The molecule has 6 heteroatoms. The summed E-state index contributed by atoms with van der Waals surface area (Å²) in [5.74, 6) is 1.02. The fourth-order valence-corrected chi connectivity index (χ4v) is 3.13. The van der Waals surface area contributed by atoms with Gasteiger partial charge in [-0.15, -0.1) is 0 Å². The van der Waals surface area contributed by atoms with Gasteiger partial charge < -0.3 is 14.1 Å². The number of ether oxygens (including phenoxy) is 1. The number of amides is 1. The fraction of sp³-hybridized carbons (Fsp3) is 0.467. The van der Waals surface area contributed by atoms with Gasteiger partial charge >= 0.3 is 0 Å². The van der Waals surface area contributed by atoms with Crippen molar-refractivity contribution in [3.8, 4) is 5.88 Å². The van der Waals surface area contributed by atoms with Crippen molar-refractivity contribution in [2.75, 3.05) is 13.7 Å². The lowest BCUT2D eigenvalue weighted by atomic mass is 10.0. The van der Waals surface area contributed by atoms with E-state index in [0.29, 0.717) is 5.76 Å². The topological polar surface area (TPSA) is 60.5 Å². The molecule has 1 aliphatic heterocycles. The molecular weight excluding hydrogens is 270 g/mol. The molecule has 0 spiro atoms. The first-order valence-corrected chi connectivity index (χ1v) is 7.05. The minimum atomic E-state index is -0.0761. The van der Waals surface area contributed by atoms with Crippen molar-refractivity contribution in [2.45, 2.75) is 25.8 Å². The number of hydrogen-bond acceptors (Lipinski definition) is 4. The fourth-order valence-electron chi connectivity index (χ4n) is 3.13. The molecule has 0 aliphatic carbocycles. The van der Waals surface area contributed by atoms with E-state index in [2.05, 4.69) is 5.10 Å². The zero-order chi connectivity index (χ0) is 15.0. The summed E-state index contributed by atoms with van der Waals surface area (Å²) in [6, 6.07) is 3.42. The molecule has 1 aliphatic rings. The SMILES string of the molecule is COc1c([C@@H]2CCCN2C(=O)c2ccco2)c(C)nn1C. The highest BCUT2D eigenvalue weighted by Gasteiger charge is 2.36. The third-order valence-electron chi connectivity index (χ3n) is 3.99. The van der Waals surface area contributed by atoms with Crippen LogP contribution in [0.15, 0.2) is 22.8 Å². The summed E-state index contributed by atoms with van der Waals surface area (Å²) in [4.78, 5) is 14.4. The monoisotopic (exact) mass is 289 g/mol. The van der Waals surface area contributed by atoms with Gasteiger partial charge in [0.1, 0.15) is 0 Å². The molecular formula is C15H19N3O3. The number of aryl methyl sites for hydroxylation is 2. The zero-order valence-electron chi connectivity index (χ0n) is 12.5. The van der Waals surface area contributed by atoms with Crippen LogP contribution in [0.2, 0.25) is 0 Å². The van der Waals surface area contributed by atoms with E-state index in [1.54, 1.807) is 23.9 Å². The van der Waals surface area contributed by atoms with Crippen LogP contribution in [0, 0.1) is 6.92 Å². The average molecular weight is 289 g/mol. The molecule has 2 aromatic heterocycles. The van der Waals surface area contributed by atoms with Crippen LogP contribution in [0.3, 0.4) is 0 Å². The van der Waals surface area contributed by atoms with Crippen LogP contribution in [-0.2, 0) is 7.05 Å². The van der Waals surface area contributed by atoms with E-state index >= 15 is 0 Å². The Kier molecular flexibility index (Phi) is 3.45. The summed E-state index contributed by atoms with van der Waals surface area (Å²) in [5.41, 5.74) is 1.90. The van der Waals surface area contributed by atoms with E-state index in [4.69, 9.17) is 9.15 Å². The van der Waals surface area contributed by atoms with E-state index in [9.17, 15) is 4.79 Å². The van der Waals surface area contributed by atoms with Crippen molar-refractivity contribution >= 4 is 5.91 Å². The second-order valence-corrected chi connectivity index (χ2v) is 5.27. The second-order valence-electron chi connectivity index (χ2n) is 5.27. The number of nitrogens with zero attached hydrogens (tertiary/aromatic N) is 3. The van der Waals surface area contributed by atoms with Gasteiger partial charge in [-0.2, -0.15) is 5.10 Å². The minimum Gasteiger partial charge on any atom is -0.481 e. The summed E-state index contributed by atoms with van der Waals surface area (Å²) >= 11 is 0. The van der Waals surface area contributed by atoms with Gasteiger partial charge in [-0.1, -0.05) is 0 Å². The summed E-state index contributed by atoms with van der Waals surface area (Å²) in [6.45, 7) is 2.67. The van der Waals surface area contributed by atoms with Gasteiger partial charge in [-0.05, 0) is 31.9 Å². The molecule has 1 amide bonds. The van der Waals surface area contributed by atoms with Crippen molar-refractivity contribution < 1.29 is 13.9 Å². The maximum atomic E-state index is 12.6. The van der Waals surface area contributed by atoms with Gasteiger partial charge in [0.2, 0.25) is 5.88 Å². The molecule has 0 radical (unpaired) electrons. The highest BCUT2D eigenvalue weighted by atomic mass is 16.5. The van der Waals surface area contributed by atoms with E-state index in [-0.39, 0.29) is 11.9 Å². The smallest absolute Gasteiger partial charge is 0.290 e. The van der Waals surface area contributed by atoms with Crippen molar-refractivity contribution in [2.24, 2.45) is 7.05 Å². The molecule has 1 saturated heterocycles. The van der Waals surface area contributed by atoms with Gasteiger partial charge in [0.25, 0.3) is 5.91 Å². The van der Waals surface area contributed by atoms with Crippen LogP contribution in [0.25, 0.3) is 0 Å². The number of hydrogen-bond donors (Lipinski definition) is 0. The number of aromatic nitrogens is 2. The Bertz CT molecular complexity index is 645. The maximum absolute atomic E-state index is 12.6. The first-order chi connectivity index (χ1) is 10.1. The number of carbonyl (C=O) groups excluding carboxylic acids is 1. The van der Waals surface area contributed by atoms with E-state index in [1.165, 1.54) is 6.26 Å². The van der Waals surface area contributed by atoms with Crippen molar-refractivity contribution in [3.05, 3.63) is 35.4 Å². The molecule has 0 N–H and O–H groups in total. The van der Waals surface area contributed by atoms with Gasteiger partial charge in [-0.25, -0.2) is 4.68 Å². The predicted molar refractivity (Wildman–Crippen MR) is 76.2 cm³/mol. The number of rotatable bonds is 3. The first-order valence-electron chi connectivity index (χ1n) is 7.05. The molecule has 3 rings (SSSR count). The third kappa shape index (κ3) is 2.20. The molecule has 2 aromatic rings. The van der Waals surface area contributed by atoms with E-state index < -0.39 is 0 Å². The number of carbonyl (C=O) groups is 1. The molecule has 0 bridgehead atoms. The standard InChI is InChI=1S/C15H19N3O3/c1-10-13(15(20-3)17(2)16-10)11-6-4-8-18(11)14(19)12-7-5-9-21-12/h5,7,9,11H,4,6,8H2,1-3H3/t11-/m0/s1. The average Bonchev–Trinajstić information content (AvgIpc) is 3.16.